The zero-order valence-electron chi connectivity index (χ0n) is 24.5. The average molecular weight is 546 g/mol. The van der Waals surface area contributed by atoms with Gasteiger partial charge in [-0.2, -0.15) is 0 Å². The van der Waals surface area contributed by atoms with Gasteiger partial charge in [0.1, 0.15) is 6.61 Å². The zero-order valence-corrected chi connectivity index (χ0v) is 24.5. The van der Waals surface area contributed by atoms with Gasteiger partial charge in [-0.3, -0.25) is 19.3 Å². The van der Waals surface area contributed by atoms with Crippen LogP contribution in [0.25, 0.3) is 0 Å². The fourth-order valence-corrected chi connectivity index (χ4v) is 5.13. The molecule has 0 saturated carbocycles. The smallest absolute Gasteiger partial charge is 0.326 e. The number of carbonyl (C=O) groups is 4. The molecule has 0 aromatic heterocycles. The number of nitrogens with two attached hydrogens (primary N) is 1. The number of likely N-dealkylation sites (N-methyl/N-ethyl adjacent to an activating group) is 2. The number of urea groups is 1. The topological polar surface area (TPSA) is 125 Å². The van der Waals surface area contributed by atoms with E-state index in [1.165, 1.54) is 0 Å². The third-order valence-electron chi connectivity index (χ3n) is 7.80. The molecule has 218 valence electrons. The minimum absolute atomic E-state index is 0.129. The maximum atomic E-state index is 13.4. The number of benzene rings is 1. The van der Waals surface area contributed by atoms with E-state index in [0.717, 1.165) is 28.9 Å². The van der Waals surface area contributed by atoms with Gasteiger partial charge in [-0.15, -0.1) is 0 Å². The van der Waals surface area contributed by atoms with Crippen LogP contribution in [0, 0.1) is 12.3 Å². The fraction of sp³-hybridized carbons (Fsp3) is 0.655. The first kappa shape index (κ1) is 32.2. The molecule has 39 heavy (non-hydrogen) atoms. The normalized spacial score (nSPS) is 17.1. The third kappa shape index (κ3) is 7.79. The van der Waals surface area contributed by atoms with Crippen molar-refractivity contribution in [2.24, 2.45) is 11.1 Å². The Morgan fingerprint density at radius 3 is 2.21 bits per heavy atom. The van der Waals surface area contributed by atoms with Crippen molar-refractivity contribution >= 4 is 23.8 Å². The first-order valence-corrected chi connectivity index (χ1v) is 14.2. The molecule has 10 nitrogen and oxygen atoms in total. The molecule has 1 fully saturated rings. The van der Waals surface area contributed by atoms with Gasteiger partial charge in [0.2, 0.25) is 17.7 Å². The summed E-state index contributed by atoms with van der Waals surface area (Å²) in [4.78, 5) is 55.7. The highest BCUT2D eigenvalue weighted by Gasteiger charge is 2.62. The average Bonchev–Trinajstić information content (AvgIpc) is 2.91. The second-order valence-electron chi connectivity index (χ2n) is 10.2. The molecule has 5 amide bonds. The van der Waals surface area contributed by atoms with Gasteiger partial charge < -0.3 is 20.7 Å². The molecular formula is C29H47N5O5. The summed E-state index contributed by atoms with van der Waals surface area (Å²) < 4.78 is 6.05. The highest BCUT2D eigenvalue weighted by atomic mass is 16.5. The Labute approximate surface area is 233 Å². The third-order valence-corrected chi connectivity index (χ3v) is 7.80. The standard InChI is InChI=1S/C29H47N5O5/c1-7-12-23(22-15-13-21(6)14-16-22)31-28(38)34-26(37)29(8-2,9-3)27(34)39-20-25(36)33(11-5)18-17-32(10-4)19-24(30)35/h13-16,23,27H,7-12,17-20H2,1-6H3,(H2,30,35)(H,31,38)/t23-,27+/m1/s1. The number of nitrogens with one attached hydrogen (secondary N) is 1. The second kappa shape index (κ2) is 15.0. The molecule has 0 aliphatic carbocycles. The van der Waals surface area contributed by atoms with Gasteiger partial charge in [-0.05, 0) is 45.2 Å². The van der Waals surface area contributed by atoms with E-state index in [9.17, 15) is 19.2 Å². The molecule has 1 aliphatic rings. The SMILES string of the molecule is CCC[C@@H](NC(=O)N1C(=O)C(CC)(CC)[C@@H]1OCC(=O)N(CC)CCN(CC)CC(N)=O)c1ccc(C)cc1. The maximum absolute atomic E-state index is 13.4. The van der Waals surface area contributed by atoms with Gasteiger partial charge >= 0.3 is 6.03 Å². The number of amides is 5. The highest BCUT2D eigenvalue weighted by molar-refractivity contribution is 6.03. The predicted molar refractivity (Wildman–Crippen MR) is 151 cm³/mol. The molecule has 2 rings (SSSR count). The van der Waals surface area contributed by atoms with Crippen LogP contribution in [0.4, 0.5) is 4.79 Å². The zero-order chi connectivity index (χ0) is 29.2. The molecule has 0 spiro atoms. The molecule has 2 atom stereocenters. The number of primary amides is 1. The lowest BCUT2D eigenvalue weighted by atomic mass is 9.72. The van der Waals surface area contributed by atoms with Crippen LogP contribution in [0.1, 0.15) is 77.5 Å². The molecule has 10 heteroatoms. The lowest BCUT2D eigenvalue weighted by Gasteiger charge is -2.53. The number of likely N-dealkylation sites (tertiary alicyclic amines) is 1. The lowest BCUT2D eigenvalue weighted by molar-refractivity contribution is -0.212. The van der Waals surface area contributed by atoms with E-state index in [-0.39, 0.29) is 31.0 Å². The van der Waals surface area contributed by atoms with Gasteiger partial charge in [0.05, 0.1) is 18.0 Å². The number of nitrogens with zero attached hydrogens (tertiary/aromatic N) is 3. The van der Waals surface area contributed by atoms with E-state index in [0.29, 0.717) is 39.0 Å². The Bertz CT molecular complexity index is 979. The first-order chi connectivity index (χ1) is 18.6. The van der Waals surface area contributed by atoms with E-state index in [1.54, 1.807) is 4.90 Å². The van der Waals surface area contributed by atoms with Crippen molar-refractivity contribution in [1.29, 1.82) is 0 Å². The van der Waals surface area contributed by atoms with Crippen LogP contribution in [0.3, 0.4) is 0 Å². The van der Waals surface area contributed by atoms with Crippen molar-refractivity contribution in [1.82, 2.24) is 20.0 Å². The van der Waals surface area contributed by atoms with E-state index in [4.69, 9.17) is 10.5 Å². The summed E-state index contributed by atoms with van der Waals surface area (Å²) in [7, 11) is 0. The van der Waals surface area contributed by atoms with Crippen molar-refractivity contribution in [3.63, 3.8) is 0 Å². The van der Waals surface area contributed by atoms with Crippen LogP contribution in [0.5, 0.6) is 0 Å². The number of β-lactam (4-membered cyclic amide) rings is 1. The number of ether oxygens (including phenoxy) is 1. The molecule has 0 unspecified atom stereocenters. The molecule has 1 aromatic carbocycles. The Kier molecular flexibility index (Phi) is 12.4. The molecule has 1 aromatic rings. The van der Waals surface area contributed by atoms with Gasteiger partial charge in [-0.1, -0.05) is 63.9 Å². The predicted octanol–water partition coefficient (Wildman–Crippen LogP) is 3.19. The summed E-state index contributed by atoms with van der Waals surface area (Å²) in [6, 6.07) is 7.24. The van der Waals surface area contributed by atoms with Gasteiger partial charge in [0.25, 0.3) is 0 Å². The molecule has 1 saturated heterocycles. The van der Waals surface area contributed by atoms with Crippen molar-refractivity contribution in [3.05, 3.63) is 35.4 Å². The van der Waals surface area contributed by atoms with Crippen LogP contribution in [0.15, 0.2) is 24.3 Å². The monoisotopic (exact) mass is 545 g/mol. The minimum atomic E-state index is -0.848. The van der Waals surface area contributed by atoms with Crippen LogP contribution < -0.4 is 11.1 Å². The Morgan fingerprint density at radius 1 is 1.05 bits per heavy atom. The quantitative estimate of drug-likeness (QED) is 0.307. The molecule has 0 bridgehead atoms. The maximum Gasteiger partial charge on any atom is 0.326 e. The van der Waals surface area contributed by atoms with E-state index >= 15 is 0 Å². The summed E-state index contributed by atoms with van der Waals surface area (Å²) in [6.45, 7) is 13.5. The van der Waals surface area contributed by atoms with Crippen molar-refractivity contribution in [3.8, 4) is 0 Å². The second-order valence-corrected chi connectivity index (χ2v) is 10.2. The van der Waals surface area contributed by atoms with Gasteiger partial charge in [0, 0.05) is 19.6 Å². The van der Waals surface area contributed by atoms with Crippen LogP contribution >= 0.6 is 0 Å². The van der Waals surface area contributed by atoms with Crippen LogP contribution in [-0.2, 0) is 19.1 Å². The Balaban J connectivity index is 2.12. The molecule has 1 heterocycles. The number of aryl methyl sites for hydroxylation is 1. The van der Waals surface area contributed by atoms with E-state index in [1.807, 2.05) is 70.7 Å². The first-order valence-electron chi connectivity index (χ1n) is 14.2. The van der Waals surface area contributed by atoms with Crippen molar-refractivity contribution < 1.29 is 23.9 Å². The molecule has 0 radical (unpaired) electrons. The van der Waals surface area contributed by atoms with E-state index < -0.39 is 23.6 Å². The van der Waals surface area contributed by atoms with Crippen molar-refractivity contribution in [2.45, 2.75) is 79.5 Å². The summed E-state index contributed by atoms with van der Waals surface area (Å²) >= 11 is 0. The molecular weight excluding hydrogens is 498 g/mol. The Morgan fingerprint density at radius 2 is 1.69 bits per heavy atom. The van der Waals surface area contributed by atoms with Crippen LogP contribution in [-0.4, -0.2) is 84.0 Å². The fourth-order valence-electron chi connectivity index (χ4n) is 5.13. The van der Waals surface area contributed by atoms with Crippen LogP contribution in [0.2, 0.25) is 0 Å². The number of imide groups is 1. The number of hydrogen-bond donors (Lipinski definition) is 2. The summed E-state index contributed by atoms with van der Waals surface area (Å²) in [5.74, 6) is -0.933. The molecule has 1 aliphatic heterocycles. The minimum Gasteiger partial charge on any atom is -0.369 e. The molecule has 3 N–H and O–H groups in total. The lowest BCUT2D eigenvalue weighted by Crippen LogP contribution is -2.72. The largest absolute Gasteiger partial charge is 0.369 e. The number of rotatable bonds is 16. The van der Waals surface area contributed by atoms with Gasteiger partial charge in [-0.25, -0.2) is 9.69 Å². The van der Waals surface area contributed by atoms with Crippen molar-refractivity contribution in [2.75, 3.05) is 39.3 Å². The summed E-state index contributed by atoms with van der Waals surface area (Å²) in [6.07, 6.45) is 1.75. The number of carbonyl (C=O) groups excluding carboxylic acids is 4. The van der Waals surface area contributed by atoms with E-state index in [2.05, 4.69) is 5.32 Å². The number of hydrogen-bond acceptors (Lipinski definition) is 6. The highest BCUT2D eigenvalue weighted by Crippen LogP contribution is 2.46. The van der Waals surface area contributed by atoms with Gasteiger partial charge in [0.15, 0.2) is 6.23 Å². The summed E-state index contributed by atoms with van der Waals surface area (Å²) in [5.41, 5.74) is 6.57. The summed E-state index contributed by atoms with van der Waals surface area (Å²) in [5, 5.41) is 3.03. The Hall–Kier alpha value is -2.98.